The van der Waals surface area contributed by atoms with Crippen LogP contribution in [0, 0.1) is 0 Å². The average molecular weight is 175 g/mol. The lowest BCUT2D eigenvalue weighted by molar-refractivity contribution is 0.120. The van der Waals surface area contributed by atoms with Crippen molar-refractivity contribution in [2.24, 2.45) is 0 Å². The highest BCUT2D eigenvalue weighted by Gasteiger charge is 2.13. The van der Waals surface area contributed by atoms with Gasteiger partial charge in [-0.15, -0.1) is 0 Å². The molecule has 0 fully saturated rings. The Morgan fingerprint density at radius 1 is 1.33 bits per heavy atom. The van der Waals surface area contributed by atoms with Crippen LogP contribution in [0.4, 0.5) is 0 Å². The molecule has 0 bridgehead atoms. The molecular weight excluding hydrogens is 154 g/mol. The predicted octanol–water partition coefficient (Wildman–Crippen LogP) is 0.774. The van der Waals surface area contributed by atoms with E-state index >= 15 is 0 Å². The van der Waals surface area contributed by atoms with E-state index in [0.717, 1.165) is 26.2 Å². The van der Waals surface area contributed by atoms with Crippen LogP contribution in [0.2, 0.25) is 0 Å². The number of nitrogens with one attached hydrogen (secondary N) is 1. The summed E-state index contributed by atoms with van der Waals surface area (Å²) in [6.07, 6.45) is 1.06. The highest BCUT2D eigenvalue weighted by molar-refractivity contribution is 4.75. The van der Waals surface area contributed by atoms with Crippen LogP contribution in [0.1, 0.15) is 27.2 Å². The molecule has 0 unspecified atom stereocenters. The second-order valence-electron chi connectivity index (χ2n) is 3.58. The van der Waals surface area contributed by atoms with Gasteiger partial charge in [0.05, 0.1) is 13.2 Å². The van der Waals surface area contributed by atoms with Crippen molar-refractivity contribution in [3.05, 3.63) is 0 Å². The van der Waals surface area contributed by atoms with Gasteiger partial charge >= 0.3 is 0 Å². The molecule has 0 heterocycles. The highest BCUT2D eigenvalue weighted by atomic mass is 16.5. The summed E-state index contributed by atoms with van der Waals surface area (Å²) in [5.41, 5.74) is -0.185. The molecule has 0 aliphatic heterocycles. The normalized spacial score (nSPS) is 12.0. The Kier molecular flexibility index (Phi) is 6.34. The monoisotopic (exact) mass is 175 g/mol. The molecule has 0 atom stereocenters. The molecule has 0 rings (SSSR count). The molecule has 0 spiro atoms. The van der Waals surface area contributed by atoms with Crippen molar-refractivity contribution in [2.75, 3.05) is 26.4 Å². The minimum atomic E-state index is -0.185. The number of ether oxygens (including phenoxy) is 1. The van der Waals surface area contributed by atoms with E-state index < -0.39 is 0 Å². The standard InChI is InChI=1S/C9H21NO2/c1-4-6-12-7-5-10-9(2,3)8-11/h10-11H,4-8H2,1-3H3. The van der Waals surface area contributed by atoms with Gasteiger partial charge in [-0.1, -0.05) is 6.92 Å². The topological polar surface area (TPSA) is 41.5 Å². The fourth-order valence-electron chi connectivity index (χ4n) is 0.764. The largest absolute Gasteiger partial charge is 0.394 e. The molecule has 74 valence electrons. The Balaban J connectivity index is 3.19. The maximum absolute atomic E-state index is 8.89. The van der Waals surface area contributed by atoms with E-state index in [-0.39, 0.29) is 12.1 Å². The molecule has 0 amide bonds. The molecule has 0 aliphatic rings. The Morgan fingerprint density at radius 2 is 2.00 bits per heavy atom. The van der Waals surface area contributed by atoms with Gasteiger partial charge in [0.15, 0.2) is 0 Å². The summed E-state index contributed by atoms with van der Waals surface area (Å²) >= 11 is 0. The van der Waals surface area contributed by atoms with E-state index in [2.05, 4.69) is 12.2 Å². The van der Waals surface area contributed by atoms with Crippen molar-refractivity contribution >= 4 is 0 Å². The first kappa shape index (κ1) is 11.9. The average Bonchev–Trinajstić information content (AvgIpc) is 2.04. The second kappa shape index (κ2) is 6.40. The zero-order valence-electron chi connectivity index (χ0n) is 8.39. The van der Waals surface area contributed by atoms with Crippen molar-refractivity contribution in [3.63, 3.8) is 0 Å². The molecule has 0 aliphatic carbocycles. The quantitative estimate of drug-likeness (QED) is 0.562. The van der Waals surface area contributed by atoms with Gasteiger partial charge in [0.25, 0.3) is 0 Å². The Labute approximate surface area is 75.1 Å². The van der Waals surface area contributed by atoms with Gasteiger partial charge in [0, 0.05) is 18.7 Å². The first-order valence-electron chi connectivity index (χ1n) is 4.56. The van der Waals surface area contributed by atoms with E-state index in [1.54, 1.807) is 0 Å². The number of hydrogen-bond acceptors (Lipinski definition) is 3. The number of hydrogen-bond donors (Lipinski definition) is 2. The van der Waals surface area contributed by atoms with Crippen LogP contribution in [-0.4, -0.2) is 37.0 Å². The first-order chi connectivity index (χ1) is 5.62. The lowest BCUT2D eigenvalue weighted by atomic mass is 10.1. The lowest BCUT2D eigenvalue weighted by Gasteiger charge is -2.23. The van der Waals surface area contributed by atoms with Gasteiger partial charge in [0.1, 0.15) is 0 Å². The van der Waals surface area contributed by atoms with Crippen LogP contribution in [0.5, 0.6) is 0 Å². The second-order valence-corrected chi connectivity index (χ2v) is 3.58. The van der Waals surface area contributed by atoms with E-state index in [1.807, 2.05) is 13.8 Å². The number of rotatable bonds is 7. The summed E-state index contributed by atoms with van der Waals surface area (Å²) in [4.78, 5) is 0. The van der Waals surface area contributed by atoms with Gasteiger partial charge in [-0.2, -0.15) is 0 Å². The molecule has 0 radical (unpaired) electrons. The molecule has 0 saturated heterocycles. The fourth-order valence-corrected chi connectivity index (χ4v) is 0.764. The Bertz CT molecular complexity index is 105. The SMILES string of the molecule is CCCOCCNC(C)(C)CO. The minimum Gasteiger partial charge on any atom is -0.394 e. The summed E-state index contributed by atoms with van der Waals surface area (Å²) < 4.78 is 5.28. The van der Waals surface area contributed by atoms with E-state index in [0.29, 0.717) is 0 Å². The van der Waals surface area contributed by atoms with Gasteiger partial charge in [-0.3, -0.25) is 0 Å². The summed E-state index contributed by atoms with van der Waals surface area (Å²) in [6.45, 7) is 8.51. The summed E-state index contributed by atoms with van der Waals surface area (Å²) in [5, 5.41) is 12.1. The van der Waals surface area contributed by atoms with Gasteiger partial charge in [-0.05, 0) is 20.3 Å². The van der Waals surface area contributed by atoms with E-state index in [1.165, 1.54) is 0 Å². The van der Waals surface area contributed by atoms with Gasteiger partial charge < -0.3 is 15.2 Å². The van der Waals surface area contributed by atoms with Crippen LogP contribution in [0.3, 0.4) is 0 Å². The van der Waals surface area contributed by atoms with Crippen LogP contribution >= 0.6 is 0 Å². The lowest BCUT2D eigenvalue weighted by Crippen LogP contribution is -2.44. The predicted molar refractivity (Wildman–Crippen MR) is 50.3 cm³/mol. The number of aliphatic hydroxyl groups excluding tert-OH is 1. The summed E-state index contributed by atoms with van der Waals surface area (Å²) in [7, 11) is 0. The smallest absolute Gasteiger partial charge is 0.0607 e. The number of aliphatic hydroxyl groups is 1. The third-order valence-electron chi connectivity index (χ3n) is 1.59. The highest BCUT2D eigenvalue weighted by Crippen LogP contribution is 1.97. The molecule has 3 nitrogen and oxygen atoms in total. The third kappa shape index (κ3) is 6.58. The van der Waals surface area contributed by atoms with Gasteiger partial charge in [0.2, 0.25) is 0 Å². The van der Waals surface area contributed by atoms with Crippen LogP contribution in [0.25, 0.3) is 0 Å². The van der Waals surface area contributed by atoms with Crippen molar-refractivity contribution < 1.29 is 9.84 Å². The molecule has 3 heteroatoms. The summed E-state index contributed by atoms with van der Waals surface area (Å²) in [5.74, 6) is 0. The van der Waals surface area contributed by atoms with Gasteiger partial charge in [-0.25, -0.2) is 0 Å². The first-order valence-corrected chi connectivity index (χ1v) is 4.56. The fraction of sp³-hybridized carbons (Fsp3) is 1.00. The third-order valence-corrected chi connectivity index (χ3v) is 1.59. The van der Waals surface area contributed by atoms with E-state index in [4.69, 9.17) is 9.84 Å². The summed E-state index contributed by atoms with van der Waals surface area (Å²) in [6, 6.07) is 0. The molecule has 0 saturated carbocycles. The van der Waals surface area contributed by atoms with E-state index in [9.17, 15) is 0 Å². The minimum absolute atomic E-state index is 0.154. The van der Waals surface area contributed by atoms with Crippen LogP contribution < -0.4 is 5.32 Å². The molecular formula is C9H21NO2. The maximum Gasteiger partial charge on any atom is 0.0607 e. The van der Waals surface area contributed by atoms with Crippen molar-refractivity contribution in [3.8, 4) is 0 Å². The zero-order valence-corrected chi connectivity index (χ0v) is 8.39. The molecule has 2 N–H and O–H groups in total. The van der Waals surface area contributed by atoms with Crippen molar-refractivity contribution in [1.29, 1.82) is 0 Å². The Hall–Kier alpha value is -0.120. The molecule has 0 aromatic heterocycles. The molecule has 12 heavy (non-hydrogen) atoms. The molecule has 0 aromatic carbocycles. The Morgan fingerprint density at radius 3 is 2.50 bits per heavy atom. The van der Waals surface area contributed by atoms with Crippen molar-refractivity contribution in [2.45, 2.75) is 32.7 Å². The maximum atomic E-state index is 8.89. The molecule has 0 aromatic rings. The van der Waals surface area contributed by atoms with Crippen molar-refractivity contribution in [1.82, 2.24) is 5.32 Å². The van der Waals surface area contributed by atoms with Crippen LogP contribution in [0.15, 0.2) is 0 Å². The zero-order chi connectivity index (χ0) is 9.45. The van der Waals surface area contributed by atoms with Crippen LogP contribution in [-0.2, 0) is 4.74 Å².